The minimum Gasteiger partial charge on any atom is -0.348 e. The van der Waals surface area contributed by atoms with Gasteiger partial charge in [-0.3, -0.25) is 9.36 Å². The maximum absolute atomic E-state index is 12.5. The highest BCUT2D eigenvalue weighted by atomic mass is 16.2. The summed E-state index contributed by atoms with van der Waals surface area (Å²) in [6.45, 7) is 7.03. The Balaban J connectivity index is 1.61. The largest absolute Gasteiger partial charge is 0.348 e. The van der Waals surface area contributed by atoms with Crippen LogP contribution in [-0.2, 0) is 30.7 Å². The fraction of sp³-hybridized carbons (Fsp3) is 0.571. The molecule has 1 atom stereocenters. The van der Waals surface area contributed by atoms with Gasteiger partial charge in [-0.05, 0) is 43.2 Å². The van der Waals surface area contributed by atoms with Crippen molar-refractivity contribution < 1.29 is 4.79 Å². The molecular formula is C21H30N4O2. The van der Waals surface area contributed by atoms with Crippen LogP contribution in [0.4, 0.5) is 0 Å². The van der Waals surface area contributed by atoms with Crippen molar-refractivity contribution >= 4 is 5.91 Å². The lowest BCUT2D eigenvalue weighted by molar-refractivity contribution is -0.122. The molecule has 6 heteroatoms. The number of aryl methyl sites for hydroxylation is 1. The highest BCUT2D eigenvalue weighted by Crippen LogP contribution is 2.15. The van der Waals surface area contributed by atoms with E-state index in [1.165, 1.54) is 10.2 Å². The Morgan fingerprint density at radius 1 is 1.15 bits per heavy atom. The summed E-state index contributed by atoms with van der Waals surface area (Å²) in [6.07, 6.45) is 5.02. The van der Waals surface area contributed by atoms with Crippen LogP contribution in [0.25, 0.3) is 0 Å². The highest BCUT2D eigenvalue weighted by molar-refractivity contribution is 5.76. The van der Waals surface area contributed by atoms with Crippen LogP contribution in [0.2, 0.25) is 0 Å². The summed E-state index contributed by atoms with van der Waals surface area (Å²) < 4.78 is 3.02. The van der Waals surface area contributed by atoms with Gasteiger partial charge in [-0.25, -0.2) is 9.48 Å². The predicted octanol–water partition coefficient (Wildman–Crippen LogP) is 2.85. The number of nitrogens with one attached hydrogen (secondary N) is 1. The van der Waals surface area contributed by atoms with Crippen LogP contribution < -0.4 is 11.0 Å². The zero-order valence-corrected chi connectivity index (χ0v) is 16.6. The third kappa shape index (κ3) is 4.87. The van der Waals surface area contributed by atoms with Crippen LogP contribution in [0.15, 0.2) is 29.1 Å². The molecule has 2 heterocycles. The van der Waals surface area contributed by atoms with E-state index in [0.717, 1.165) is 43.5 Å². The number of carbonyl (C=O) groups excluding carboxylic acids is 1. The first-order valence-corrected chi connectivity index (χ1v) is 9.98. The maximum atomic E-state index is 12.5. The first-order valence-electron chi connectivity index (χ1n) is 9.98. The highest BCUT2D eigenvalue weighted by Gasteiger charge is 2.18. The first-order chi connectivity index (χ1) is 12.9. The minimum absolute atomic E-state index is 0.0331. The standard InChI is InChI=1S/C21H30N4O2/c1-15(2)13-17-8-10-18(11-9-17)16(3)22-20(26)14-25-21(27)24-12-6-4-5-7-19(24)23-25/h8-11,15-16H,4-7,12-14H2,1-3H3,(H,22,26). The zero-order chi connectivity index (χ0) is 19.4. The van der Waals surface area contributed by atoms with Crippen LogP contribution >= 0.6 is 0 Å². The molecule has 1 amide bonds. The number of rotatable bonds is 6. The van der Waals surface area contributed by atoms with Crippen molar-refractivity contribution in [2.24, 2.45) is 5.92 Å². The average Bonchev–Trinajstić information content (AvgIpc) is 2.79. The SMILES string of the molecule is CC(C)Cc1ccc(C(C)NC(=O)Cn2nc3n(c2=O)CCCCC3)cc1. The smallest absolute Gasteiger partial charge is 0.346 e. The zero-order valence-electron chi connectivity index (χ0n) is 16.6. The van der Waals surface area contributed by atoms with Crippen LogP contribution in [0.3, 0.4) is 0 Å². The molecule has 0 bridgehead atoms. The second-order valence-corrected chi connectivity index (χ2v) is 7.95. The van der Waals surface area contributed by atoms with Crippen LogP contribution in [0.1, 0.15) is 63.0 Å². The Morgan fingerprint density at radius 2 is 1.89 bits per heavy atom. The van der Waals surface area contributed by atoms with Crippen LogP contribution in [0.5, 0.6) is 0 Å². The molecule has 1 N–H and O–H groups in total. The molecule has 0 aliphatic carbocycles. The van der Waals surface area contributed by atoms with E-state index >= 15 is 0 Å². The summed E-state index contributed by atoms with van der Waals surface area (Å²) in [6, 6.07) is 8.26. The Kier molecular flexibility index (Phi) is 6.14. The van der Waals surface area contributed by atoms with Gasteiger partial charge in [0.05, 0.1) is 6.04 Å². The Labute approximate surface area is 160 Å². The molecule has 1 unspecified atom stereocenters. The van der Waals surface area contributed by atoms with Crippen LogP contribution in [-0.4, -0.2) is 20.3 Å². The second-order valence-electron chi connectivity index (χ2n) is 7.95. The van der Waals surface area contributed by atoms with Gasteiger partial charge in [-0.1, -0.05) is 44.5 Å². The molecule has 0 radical (unpaired) electrons. The van der Waals surface area contributed by atoms with Crippen molar-refractivity contribution in [1.82, 2.24) is 19.7 Å². The molecule has 0 saturated heterocycles. The van der Waals surface area contributed by atoms with Crippen molar-refractivity contribution in [2.75, 3.05) is 0 Å². The minimum atomic E-state index is -0.191. The number of carbonyl (C=O) groups is 1. The summed E-state index contributed by atoms with van der Waals surface area (Å²) in [5.74, 6) is 1.24. The predicted molar refractivity (Wildman–Crippen MR) is 106 cm³/mol. The van der Waals surface area contributed by atoms with Crippen molar-refractivity contribution in [3.63, 3.8) is 0 Å². The molecule has 146 valence electrons. The summed E-state index contributed by atoms with van der Waals surface area (Å²) in [5, 5.41) is 7.35. The lowest BCUT2D eigenvalue weighted by Crippen LogP contribution is -2.35. The van der Waals surface area contributed by atoms with E-state index in [1.807, 2.05) is 6.92 Å². The topological polar surface area (TPSA) is 68.9 Å². The monoisotopic (exact) mass is 370 g/mol. The molecule has 1 aliphatic rings. The Morgan fingerprint density at radius 3 is 2.59 bits per heavy atom. The van der Waals surface area contributed by atoms with E-state index in [2.05, 4.69) is 48.5 Å². The van der Waals surface area contributed by atoms with Gasteiger partial charge in [0.1, 0.15) is 12.4 Å². The van der Waals surface area contributed by atoms with Crippen molar-refractivity contribution in [3.8, 4) is 0 Å². The molecule has 6 nitrogen and oxygen atoms in total. The molecule has 1 aromatic carbocycles. The molecule has 2 aromatic rings. The Bertz CT molecular complexity index is 833. The van der Waals surface area contributed by atoms with E-state index in [9.17, 15) is 9.59 Å². The number of hydrogen-bond acceptors (Lipinski definition) is 3. The summed E-state index contributed by atoms with van der Waals surface area (Å²) >= 11 is 0. The van der Waals surface area contributed by atoms with Gasteiger partial charge in [0.25, 0.3) is 0 Å². The van der Waals surface area contributed by atoms with Gasteiger partial charge in [0, 0.05) is 13.0 Å². The van der Waals surface area contributed by atoms with E-state index in [4.69, 9.17) is 0 Å². The third-order valence-corrected chi connectivity index (χ3v) is 5.08. The van der Waals surface area contributed by atoms with Gasteiger partial charge >= 0.3 is 5.69 Å². The summed E-state index contributed by atoms with van der Waals surface area (Å²) in [7, 11) is 0. The van der Waals surface area contributed by atoms with Gasteiger partial charge < -0.3 is 5.32 Å². The number of amides is 1. The molecule has 0 saturated carbocycles. The Hall–Kier alpha value is -2.37. The maximum Gasteiger partial charge on any atom is 0.346 e. The van der Waals surface area contributed by atoms with E-state index in [1.54, 1.807) is 4.57 Å². The van der Waals surface area contributed by atoms with Gasteiger partial charge in [0.2, 0.25) is 5.91 Å². The number of nitrogens with zero attached hydrogens (tertiary/aromatic N) is 3. The first kappa shape index (κ1) is 19.4. The quantitative estimate of drug-likeness (QED) is 0.850. The molecule has 3 rings (SSSR count). The molecule has 0 spiro atoms. The third-order valence-electron chi connectivity index (χ3n) is 5.08. The van der Waals surface area contributed by atoms with Gasteiger partial charge in [0.15, 0.2) is 0 Å². The van der Waals surface area contributed by atoms with E-state index in [-0.39, 0.29) is 24.2 Å². The van der Waals surface area contributed by atoms with E-state index < -0.39 is 0 Å². The number of fused-ring (bicyclic) bond motifs is 1. The summed E-state index contributed by atoms with van der Waals surface area (Å²) in [5.41, 5.74) is 2.19. The molecule has 1 aliphatic heterocycles. The van der Waals surface area contributed by atoms with Crippen molar-refractivity contribution in [2.45, 2.75) is 72.0 Å². The lowest BCUT2D eigenvalue weighted by atomic mass is 10.00. The molecule has 27 heavy (non-hydrogen) atoms. The van der Waals surface area contributed by atoms with Crippen LogP contribution in [0, 0.1) is 5.92 Å². The fourth-order valence-electron chi connectivity index (χ4n) is 3.65. The van der Waals surface area contributed by atoms with Gasteiger partial charge in [-0.2, -0.15) is 5.10 Å². The van der Waals surface area contributed by atoms with Crippen molar-refractivity contribution in [1.29, 1.82) is 0 Å². The molecule has 1 aromatic heterocycles. The number of aromatic nitrogens is 3. The second kappa shape index (κ2) is 8.55. The average molecular weight is 370 g/mol. The number of benzene rings is 1. The van der Waals surface area contributed by atoms with E-state index in [0.29, 0.717) is 12.5 Å². The summed E-state index contributed by atoms with van der Waals surface area (Å²) in [4.78, 5) is 24.9. The fourth-order valence-corrected chi connectivity index (χ4v) is 3.65. The normalized spacial score (nSPS) is 15.3. The molecular weight excluding hydrogens is 340 g/mol. The molecule has 0 fully saturated rings. The lowest BCUT2D eigenvalue weighted by Gasteiger charge is -2.15. The van der Waals surface area contributed by atoms with Gasteiger partial charge in [-0.15, -0.1) is 0 Å². The van der Waals surface area contributed by atoms with Crippen molar-refractivity contribution in [3.05, 3.63) is 51.7 Å². The number of hydrogen-bond donors (Lipinski definition) is 1.